The van der Waals surface area contributed by atoms with Crippen LogP contribution in [-0.2, 0) is 16.0 Å². The predicted molar refractivity (Wildman–Crippen MR) is 66.6 cm³/mol. The first-order valence-electron chi connectivity index (χ1n) is 5.17. The molecule has 1 heterocycles. The highest BCUT2D eigenvalue weighted by Gasteiger charge is 2.34. The van der Waals surface area contributed by atoms with Gasteiger partial charge in [0.2, 0.25) is 0 Å². The second kappa shape index (κ2) is 4.76. The Morgan fingerprint density at radius 1 is 1.71 bits per heavy atom. The summed E-state index contributed by atoms with van der Waals surface area (Å²) in [6, 6.07) is 7.49. The van der Waals surface area contributed by atoms with Crippen LogP contribution in [-0.4, -0.2) is 25.7 Å². The average Bonchev–Trinajstić information content (AvgIpc) is 2.67. The van der Waals surface area contributed by atoms with Gasteiger partial charge in [0.15, 0.2) is 0 Å². The van der Waals surface area contributed by atoms with Crippen LogP contribution >= 0.6 is 15.9 Å². The van der Waals surface area contributed by atoms with Crippen LogP contribution in [0.1, 0.15) is 5.56 Å². The lowest BCUT2D eigenvalue weighted by molar-refractivity contribution is -0.142. The third-order valence-electron chi connectivity index (χ3n) is 2.85. The van der Waals surface area contributed by atoms with Gasteiger partial charge in [-0.2, -0.15) is 5.26 Å². The summed E-state index contributed by atoms with van der Waals surface area (Å²) in [6.07, 6.45) is 0.586. The second-order valence-electron chi connectivity index (χ2n) is 3.80. The summed E-state index contributed by atoms with van der Waals surface area (Å²) in [5.41, 5.74) is 2.00. The van der Waals surface area contributed by atoms with Gasteiger partial charge in [0, 0.05) is 16.6 Å². The Morgan fingerprint density at radius 3 is 3.12 bits per heavy atom. The van der Waals surface area contributed by atoms with Crippen molar-refractivity contribution in [2.45, 2.75) is 12.5 Å². The normalized spacial score (nSPS) is 17.5. The fourth-order valence-corrected chi connectivity index (χ4v) is 2.51. The third-order valence-corrected chi connectivity index (χ3v) is 3.35. The molecule has 0 saturated carbocycles. The van der Waals surface area contributed by atoms with Gasteiger partial charge in [-0.15, -0.1) is 0 Å². The van der Waals surface area contributed by atoms with Crippen LogP contribution in [0, 0.1) is 11.3 Å². The molecule has 1 atom stereocenters. The minimum absolute atomic E-state index is 0.189. The monoisotopic (exact) mass is 294 g/mol. The average molecular weight is 295 g/mol. The molecule has 1 aliphatic heterocycles. The van der Waals surface area contributed by atoms with Gasteiger partial charge in [0.25, 0.3) is 0 Å². The summed E-state index contributed by atoms with van der Waals surface area (Å²) in [5, 5.41) is 8.83. The van der Waals surface area contributed by atoms with Crippen molar-refractivity contribution in [3.8, 4) is 6.07 Å². The zero-order valence-corrected chi connectivity index (χ0v) is 10.9. The number of hydrogen-bond donors (Lipinski definition) is 0. The highest BCUT2D eigenvalue weighted by atomic mass is 79.9. The zero-order valence-electron chi connectivity index (χ0n) is 9.31. The van der Waals surface area contributed by atoms with Crippen molar-refractivity contribution in [3.05, 3.63) is 28.2 Å². The standard InChI is InChI=1S/C12H11BrN2O2/c1-17-12(16)11-7-8-6-9(13)2-3-10(8)15(11)5-4-14/h2-3,6,11H,5,7H2,1H3. The van der Waals surface area contributed by atoms with Crippen LogP contribution in [0.3, 0.4) is 0 Å². The van der Waals surface area contributed by atoms with Crippen molar-refractivity contribution in [2.75, 3.05) is 18.6 Å². The molecule has 1 unspecified atom stereocenters. The van der Waals surface area contributed by atoms with Gasteiger partial charge < -0.3 is 9.64 Å². The lowest BCUT2D eigenvalue weighted by Crippen LogP contribution is -2.39. The summed E-state index contributed by atoms with van der Waals surface area (Å²) >= 11 is 3.40. The van der Waals surface area contributed by atoms with Crippen LogP contribution in [0.15, 0.2) is 22.7 Å². The van der Waals surface area contributed by atoms with E-state index in [-0.39, 0.29) is 18.6 Å². The molecule has 0 bridgehead atoms. The quantitative estimate of drug-likeness (QED) is 0.617. The fourth-order valence-electron chi connectivity index (χ4n) is 2.10. The van der Waals surface area contributed by atoms with Gasteiger partial charge >= 0.3 is 5.97 Å². The van der Waals surface area contributed by atoms with Gasteiger partial charge in [0.05, 0.1) is 13.2 Å². The van der Waals surface area contributed by atoms with E-state index < -0.39 is 0 Å². The molecule has 0 aromatic heterocycles. The molecule has 17 heavy (non-hydrogen) atoms. The first kappa shape index (κ1) is 11.9. The molecular weight excluding hydrogens is 284 g/mol. The van der Waals surface area contributed by atoms with Gasteiger partial charge in [-0.1, -0.05) is 15.9 Å². The smallest absolute Gasteiger partial charge is 0.328 e. The molecular formula is C12H11BrN2O2. The number of carbonyl (C=O) groups excluding carboxylic acids is 1. The van der Waals surface area contributed by atoms with E-state index in [1.165, 1.54) is 7.11 Å². The maximum absolute atomic E-state index is 11.7. The molecule has 1 aromatic carbocycles. The van der Waals surface area contributed by atoms with E-state index in [0.717, 1.165) is 15.7 Å². The van der Waals surface area contributed by atoms with E-state index in [4.69, 9.17) is 10.00 Å². The Morgan fingerprint density at radius 2 is 2.47 bits per heavy atom. The summed E-state index contributed by atoms with van der Waals surface area (Å²) in [4.78, 5) is 13.5. The van der Waals surface area contributed by atoms with Gasteiger partial charge in [0.1, 0.15) is 12.6 Å². The van der Waals surface area contributed by atoms with Crippen molar-refractivity contribution < 1.29 is 9.53 Å². The number of nitriles is 1. The fraction of sp³-hybridized carbons (Fsp3) is 0.333. The predicted octanol–water partition coefficient (Wildman–Crippen LogP) is 1.88. The summed E-state index contributed by atoms with van der Waals surface area (Å²) in [7, 11) is 1.37. The SMILES string of the molecule is COC(=O)C1Cc2cc(Br)ccc2N1CC#N. The summed E-state index contributed by atoms with van der Waals surface area (Å²) < 4.78 is 5.74. The number of ether oxygens (including phenoxy) is 1. The highest BCUT2D eigenvalue weighted by molar-refractivity contribution is 9.10. The maximum atomic E-state index is 11.7. The number of esters is 1. The first-order chi connectivity index (χ1) is 8.17. The summed E-state index contributed by atoms with van der Waals surface area (Å²) in [6.45, 7) is 0.189. The Hall–Kier alpha value is -1.54. The molecule has 0 saturated heterocycles. The molecule has 0 N–H and O–H groups in total. The van der Waals surface area contributed by atoms with E-state index in [0.29, 0.717) is 6.42 Å². The molecule has 88 valence electrons. The van der Waals surface area contributed by atoms with Crippen molar-refractivity contribution in [2.24, 2.45) is 0 Å². The number of rotatable bonds is 2. The Bertz CT molecular complexity index is 496. The molecule has 0 spiro atoms. The Kier molecular flexibility index (Phi) is 3.34. The summed E-state index contributed by atoms with van der Waals surface area (Å²) in [5.74, 6) is -0.299. The Labute approximate surface area is 108 Å². The number of anilines is 1. The van der Waals surface area contributed by atoms with Crippen LogP contribution in [0.25, 0.3) is 0 Å². The van der Waals surface area contributed by atoms with E-state index in [9.17, 15) is 4.79 Å². The van der Waals surface area contributed by atoms with E-state index in [1.54, 1.807) is 4.90 Å². The largest absolute Gasteiger partial charge is 0.467 e. The van der Waals surface area contributed by atoms with Gasteiger partial charge in [-0.3, -0.25) is 0 Å². The zero-order chi connectivity index (χ0) is 12.4. The molecule has 1 aromatic rings. The Balaban J connectivity index is 2.37. The van der Waals surface area contributed by atoms with Crippen LogP contribution in [0.2, 0.25) is 0 Å². The van der Waals surface area contributed by atoms with Crippen molar-refractivity contribution in [3.63, 3.8) is 0 Å². The molecule has 1 aliphatic rings. The van der Waals surface area contributed by atoms with Gasteiger partial charge in [-0.05, 0) is 23.8 Å². The molecule has 0 amide bonds. The van der Waals surface area contributed by atoms with E-state index >= 15 is 0 Å². The number of fused-ring (bicyclic) bond motifs is 1. The number of carbonyl (C=O) groups is 1. The first-order valence-corrected chi connectivity index (χ1v) is 5.96. The van der Waals surface area contributed by atoms with Crippen molar-refractivity contribution in [1.29, 1.82) is 5.26 Å². The van der Waals surface area contributed by atoms with Crippen LogP contribution in [0.4, 0.5) is 5.69 Å². The molecule has 0 fully saturated rings. The maximum Gasteiger partial charge on any atom is 0.328 e. The molecule has 5 heteroatoms. The molecule has 0 radical (unpaired) electrons. The number of hydrogen-bond acceptors (Lipinski definition) is 4. The van der Waals surface area contributed by atoms with E-state index in [1.807, 2.05) is 18.2 Å². The second-order valence-corrected chi connectivity index (χ2v) is 4.72. The van der Waals surface area contributed by atoms with Crippen molar-refractivity contribution in [1.82, 2.24) is 0 Å². The molecule has 0 aliphatic carbocycles. The number of methoxy groups -OCH3 is 1. The minimum Gasteiger partial charge on any atom is -0.467 e. The third kappa shape index (κ3) is 2.13. The minimum atomic E-state index is -0.385. The highest BCUT2D eigenvalue weighted by Crippen LogP contribution is 2.34. The number of halogens is 1. The lowest BCUT2D eigenvalue weighted by atomic mass is 10.1. The lowest BCUT2D eigenvalue weighted by Gasteiger charge is -2.22. The molecule has 4 nitrogen and oxygen atoms in total. The van der Waals surface area contributed by atoms with Gasteiger partial charge in [-0.25, -0.2) is 4.79 Å². The number of benzene rings is 1. The number of nitrogens with zero attached hydrogens (tertiary/aromatic N) is 2. The van der Waals surface area contributed by atoms with E-state index in [2.05, 4.69) is 22.0 Å². The van der Waals surface area contributed by atoms with Crippen LogP contribution < -0.4 is 4.90 Å². The molecule has 2 rings (SSSR count). The van der Waals surface area contributed by atoms with Crippen molar-refractivity contribution >= 4 is 27.6 Å². The van der Waals surface area contributed by atoms with Crippen LogP contribution in [0.5, 0.6) is 0 Å². The topological polar surface area (TPSA) is 53.3 Å².